The Hall–Kier alpha value is -1.98. The number of benzene rings is 1. The molecule has 2 aromatic heterocycles. The molecule has 0 amide bonds. The molecule has 1 aromatic carbocycles. The Bertz CT molecular complexity index is 762. The topological polar surface area (TPSA) is 42.2 Å². The van der Waals surface area contributed by atoms with E-state index >= 15 is 0 Å². The van der Waals surface area contributed by atoms with Crippen molar-refractivity contribution < 1.29 is 4.42 Å². The predicted octanol–water partition coefficient (Wildman–Crippen LogP) is 5.11. The average molecular weight is 341 g/mol. The van der Waals surface area contributed by atoms with Crippen LogP contribution < -0.4 is 0 Å². The molecule has 5 heteroatoms. The van der Waals surface area contributed by atoms with E-state index in [1.165, 1.54) is 11.1 Å². The maximum atomic E-state index is 5.85. The SMILES string of the molecule is CC(C)c1ccc(CN(C)[C@@H](C)c2nnc(-c3cccs3)o2)cc1. The van der Waals surface area contributed by atoms with Gasteiger partial charge in [-0.25, -0.2) is 0 Å². The molecule has 0 bridgehead atoms. The molecular weight excluding hydrogens is 318 g/mol. The summed E-state index contributed by atoms with van der Waals surface area (Å²) in [5.41, 5.74) is 2.65. The van der Waals surface area contributed by atoms with Crippen molar-refractivity contribution in [2.45, 2.75) is 39.3 Å². The molecule has 0 radical (unpaired) electrons. The minimum absolute atomic E-state index is 0.0657. The lowest BCUT2D eigenvalue weighted by Crippen LogP contribution is -2.22. The first kappa shape index (κ1) is 16.9. The molecule has 4 nitrogen and oxygen atoms in total. The Morgan fingerprint density at radius 2 is 1.83 bits per heavy atom. The highest BCUT2D eigenvalue weighted by Crippen LogP contribution is 2.27. The maximum absolute atomic E-state index is 5.85. The summed E-state index contributed by atoms with van der Waals surface area (Å²) in [4.78, 5) is 3.23. The molecule has 126 valence electrons. The number of thiophene rings is 1. The van der Waals surface area contributed by atoms with Crippen LogP contribution >= 0.6 is 11.3 Å². The fraction of sp³-hybridized carbons (Fsp3) is 0.368. The molecule has 0 saturated heterocycles. The standard InChI is InChI=1S/C19H23N3OS/c1-13(2)16-9-7-15(8-10-16)12-22(4)14(3)18-20-21-19(23-18)17-6-5-11-24-17/h5-11,13-14H,12H2,1-4H3/t14-/m0/s1. The van der Waals surface area contributed by atoms with E-state index in [0.717, 1.165) is 11.4 Å². The van der Waals surface area contributed by atoms with Gasteiger partial charge in [0.05, 0.1) is 10.9 Å². The van der Waals surface area contributed by atoms with Gasteiger partial charge in [-0.05, 0) is 42.5 Å². The maximum Gasteiger partial charge on any atom is 0.257 e. The summed E-state index contributed by atoms with van der Waals surface area (Å²) in [6.45, 7) is 7.36. The van der Waals surface area contributed by atoms with Crippen LogP contribution in [0.3, 0.4) is 0 Å². The second-order valence-corrected chi connectivity index (χ2v) is 7.36. The molecule has 0 fully saturated rings. The van der Waals surface area contributed by atoms with Crippen molar-refractivity contribution in [3.63, 3.8) is 0 Å². The molecule has 0 spiro atoms. The number of hydrogen-bond acceptors (Lipinski definition) is 5. The Morgan fingerprint density at radius 3 is 2.46 bits per heavy atom. The van der Waals surface area contributed by atoms with Gasteiger partial charge in [-0.15, -0.1) is 21.5 Å². The molecule has 3 aromatic rings. The number of aromatic nitrogens is 2. The molecule has 0 N–H and O–H groups in total. The van der Waals surface area contributed by atoms with Gasteiger partial charge in [0.25, 0.3) is 5.89 Å². The van der Waals surface area contributed by atoms with E-state index in [-0.39, 0.29) is 6.04 Å². The first-order valence-electron chi connectivity index (χ1n) is 8.21. The van der Waals surface area contributed by atoms with Crippen LogP contribution in [-0.4, -0.2) is 22.1 Å². The smallest absolute Gasteiger partial charge is 0.257 e. The summed E-state index contributed by atoms with van der Waals surface area (Å²) in [7, 11) is 2.08. The van der Waals surface area contributed by atoms with E-state index in [4.69, 9.17) is 4.42 Å². The van der Waals surface area contributed by atoms with Gasteiger partial charge in [-0.2, -0.15) is 0 Å². The Kier molecular flexibility index (Phi) is 5.11. The summed E-state index contributed by atoms with van der Waals surface area (Å²) in [5, 5.41) is 10.4. The summed E-state index contributed by atoms with van der Waals surface area (Å²) in [5.74, 6) is 1.81. The van der Waals surface area contributed by atoms with Crippen LogP contribution in [0.1, 0.15) is 49.7 Å². The van der Waals surface area contributed by atoms with Gasteiger partial charge in [-0.1, -0.05) is 44.2 Å². The van der Waals surface area contributed by atoms with Gasteiger partial charge in [0.15, 0.2) is 0 Å². The summed E-state index contributed by atoms with van der Waals surface area (Å²) in [6, 6.07) is 12.9. The highest BCUT2D eigenvalue weighted by molar-refractivity contribution is 7.13. The molecule has 1 atom stereocenters. The van der Waals surface area contributed by atoms with Crippen LogP contribution in [0.25, 0.3) is 10.8 Å². The monoisotopic (exact) mass is 341 g/mol. The number of nitrogens with zero attached hydrogens (tertiary/aromatic N) is 3. The van der Waals surface area contributed by atoms with E-state index in [0.29, 0.717) is 17.7 Å². The third-order valence-corrected chi connectivity index (χ3v) is 5.13. The largest absolute Gasteiger partial charge is 0.418 e. The molecule has 0 aliphatic carbocycles. The molecule has 0 aliphatic rings. The van der Waals surface area contributed by atoms with Crippen molar-refractivity contribution in [3.8, 4) is 10.8 Å². The molecule has 3 rings (SSSR count). The summed E-state index contributed by atoms with van der Waals surface area (Å²) in [6.07, 6.45) is 0. The highest BCUT2D eigenvalue weighted by Gasteiger charge is 2.19. The van der Waals surface area contributed by atoms with Crippen molar-refractivity contribution in [2.75, 3.05) is 7.05 Å². The first-order valence-corrected chi connectivity index (χ1v) is 9.09. The van der Waals surface area contributed by atoms with Gasteiger partial charge >= 0.3 is 0 Å². The molecule has 0 aliphatic heterocycles. The Balaban J connectivity index is 1.67. The van der Waals surface area contributed by atoms with E-state index in [1.54, 1.807) is 11.3 Å². The zero-order valence-electron chi connectivity index (χ0n) is 14.6. The Labute approximate surface area is 147 Å². The van der Waals surface area contributed by atoms with E-state index in [1.807, 2.05) is 17.5 Å². The highest BCUT2D eigenvalue weighted by atomic mass is 32.1. The van der Waals surface area contributed by atoms with Crippen LogP contribution in [-0.2, 0) is 6.54 Å². The van der Waals surface area contributed by atoms with E-state index < -0.39 is 0 Å². The minimum atomic E-state index is 0.0657. The van der Waals surface area contributed by atoms with Crippen molar-refractivity contribution in [3.05, 3.63) is 58.8 Å². The lowest BCUT2D eigenvalue weighted by molar-refractivity contribution is 0.218. The number of rotatable bonds is 6. The van der Waals surface area contributed by atoms with E-state index in [9.17, 15) is 0 Å². The molecule has 0 saturated carbocycles. The second kappa shape index (κ2) is 7.28. The van der Waals surface area contributed by atoms with Crippen molar-refractivity contribution >= 4 is 11.3 Å². The average Bonchev–Trinajstić information content (AvgIpc) is 3.25. The third kappa shape index (κ3) is 3.74. The van der Waals surface area contributed by atoms with Crippen molar-refractivity contribution in [1.82, 2.24) is 15.1 Å². The molecule has 2 heterocycles. The van der Waals surface area contributed by atoms with Gasteiger partial charge in [0, 0.05) is 6.54 Å². The predicted molar refractivity (Wildman–Crippen MR) is 98.0 cm³/mol. The van der Waals surface area contributed by atoms with Gasteiger partial charge in [0.2, 0.25) is 5.89 Å². The van der Waals surface area contributed by atoms with Gasteiger partial charge < -0.3 is 4.42 Å². The fourth-order valence-electron chi connectivity index (χ4n) is 2.52. The van der Waals surface area contributed by atoms with Crippen LogP contribution in [0, 0.1) is 0 Å². The second-order valence-electron chi connectivity index (χ2n) is 6.41. The van der Waals surface area contributed by atoms with Crippen LogP contribution in [0.2, 0.25) is 0 Å². The fourth-order valence-corrected chi connectivity index (χ4v) is 3.17. The Morgan fingerprint density at radius 1 is 1.08 bits per heavy atom. The van der Waals surface area contributed by atoms with Gasteiger partial charge in [-0.3, -0.25) is 4.90 Å². The zero-order valence-corrected chi connectivity index (χ0v) is 15.4. The van der Waals surface area contributed by atoms with Crippen LogP contribution in [0.15, 0.2) is 46.2 Å². The van der Waals surface area contributed by atoms with Gasteiger partial charge in [0.1, 0.15) is 0 Å². The number of hydrogen-bond donors (Lipinski definition) is 0. The lowest BCUT2D eigenvalue weighted by atomic mass is 10.0. The van der Waals surface area contributed by atoms with Crippen LogP contribution in [0.5, 0.6) is 0 Å². The summed E-state index contributed by atoms with van der Waals surface area (Å²) >= 11 is 1.61. The first-order chi connectivity index (χ1) is 11.5. The third-order valence-electron chi connectivity index (χ3n) is 4.27. The summed E-state index contributed by atoms with van der Waals surface area (Å²) < 4.78 is 5.85. The minimum Gasteiger partial charge on any atom is -0.418 e. The molecule has 24 heavy (non-hydrogen) atoms. The van der Waals surface area contributed by atoms with E-state index in [2.05, 4.69) is 67.2 Å². The quantitative estimate of drug-likeness (QED) is 0.624. The normalized spacial score (nSPS) is 12.9. The molecular formula is C19H23N3OS. The lowest BCUT2D eigenvalue weighted by Gasteiger charge is -2.22. The van der Waals surface area contributed by atoms with Crippen molar-refractivity contribution in [1.29, 1.82) is 0 Å². The zero-order chi connectivity index (χ0) is 17.1. The molecule has 0 unspecified atom stereocenters. The van der Waals surface area contributed by atoms with Crippen LogP contribution in [0.4, 0.5) is 0 Å². The van der Waals surface area contributed by atoms with Crippen molar-refractivity contribution in [2.24, 2.45) is 0 Å².